The second kappa shape index (κ2) is 10.1. The van der Waals surface area contributed by atoms with Crippen molar-refractivity contribution in [3.63, 3.8) is 0 Å². The number of ether oxygens (including phenoxy) is 2. The van der Waals surface area contributed by atoms with Crippen molar-refractivity contribution in [3.05, 3.63) is 81.7 Å². The summed E-state index contributed by atoms with van der Waals surface area (Å²) in [6, 6.07) is 8.81. The van der Waals surface area contributed by atoms with Crippen molar-refractivity contribution in [2.45, 2.75) is 18.9 Å². The summed E-state index contributed by atoms with van der Waals surface area (Å²) >= 11 is 18.1. The normalized spacial score (nSPS) is 15.2. The molecule has 0 spiro atoms. The van der Waals surface area contributed by atoms with Crippen LogP contribution in [0, 0.1) is 0 Å². The molecule has 0 fully saturated rings. The molecular weight excluding hydrogens is 513 g/mol. The van der Waals surface area contributed by atoms with E-state index in [2.05, 4.69) is 25.4 Å². The lowest BCUT2D eigenvalue weighted by molar-refractivity contribution is 0.233. The van der Waals surface area contributed by atoms with Gasteiger partial charge in [0.25, 0.3) is 5.89 Å². The maximum Gasteiger partial charge on any atom is 0.264 e. The minimum absolute atomic E-state index is 0.0170. The molecule has 0 saturated heterocycles. The number of allylic oxidation sites excluding steroid dienone is 4. The molecule has 8 nitrogen and oxygen atoms in total. The van der Waals surface area contributed by atoms with E-state index in [4.69, 9.17) is 48.8 Å². The van der Waals surface area contributed by atoms with Crippen LogP contribution in [0.4, 0.5) is 11.5 Å². The monoisotopic (exact) mass is 529 g/mol. The Balaban J connectivity index is 1.35. The van der Waals surface area contributed by atoms with Crippen molar-refractivity contribution in [1.29, 1.82) is 0 Å². The molecule has 0 aliphatic heterocycles. The molecule has 0 bridgehead atoms. The molecule has 1 N–H and O–H groups in total. The fraction of sp³-hybridized carbons (Fsp3) is 0.167. The molecule has 2 heterocycles. The number of rotatable bonds is 7. The SMILES string of the molecule is COc1cc2c(Nc3ccc(Cl)c(Cl)c3)ncnc2cc1OCc1nc(C2C=CC(Cl)=CC2)no1. The Hall–Kier alpha value is -3.33. The van der Waals surface area contributed by atoms with E-state index >= 15 is 0 Å². The summed E-state index contributed by atoms with van der Waals surface area (Å²) in [5.41, 5.74) is 1.39. The highest BCUT2D eigenvalue weighted by molar-refractivity contribution is 6.42. The van der Waals surface area contributed by atoms with Crippen LogP contribution in [0.15, 0.2) is 64.4 Å². The highest BCUT2D eigenvalue weighted by Gasteiger charge is 2.18. The van der Waals surface area contributed by atoms with Crippen LogP contribution >= 0.6 is 34.8 Å². The van der Waals surface area contributed by atoms with E-state index in [1.54, 1.807) is 31.4 Å². The largest absolute Gasteiger partial charge is 0.493 e. The first kappa shape index (κ1) is 23.4. The molecule has 35 heavy (non-hydrogen) atoms. The lowest BCUT2D eigenvalue weighted by Crippen LogP contribution is -2.02. The Labute approximate surface area is 215 Å². The molecular formula is C24H18Cl3N5O3. The van der Waals surface area contributed by atoms with Gasteiger partial charge in [0, 0.05) is 28.1 Å². The first-order valence-electron chi connectivity index (χ1n) is 10.5. The second-order valence-corrected chi connectivity index (χ2v) is 8.87. The van der Waals surface area contributed by atoms with Crippen LogP contribution in [0.3, 0.4) is 0 Å². The quantitative estimate of drug-likeness (QED) is 0.278. The summed E-state index contributed by atoms with van der Waals surface area (Å²) in [7, 11) is 1.56. The first-order valence-corrected chi connectivity index (χ1v) is 11.7. The molecule has 1 atom stereocenters. The van der Waals surface area contributed by atoms with Gasteiger partial charge in [0.05, 0.1) is 22.7 Å². The van der Waals surface area contributed by atoms with E-state index in [-0.39, 0.29) is 12.5 Å². The number of halogens is 3. The predicted octanol–water partition coefficient (Wildman–Crippen LogP) is 6.82. The molecule has 178 valence electrons. The van der Waals surface area contributed by atoms with Crippen molar-refractivity contribution in [2.75, 3.05) is 12.4 Å². The number of aromatic nitrogens is 4. The minimum atomic E-state index is 0.0170. The Morgan fingerprint density at radius 2 is 1.97 bits per heavy atom. The summed E-state index contributed by atoms with van der Waals surface area (Å²) < 4.78 is 16.9. The third-order valence-corrected chi connectivity index (χ3v) is 6.34. The molecule has 0 saturated carbocycles. The molecule has 2 aromatic heterocycles. The molecule has 1 unspecified atom stereocenters. The highest BCUT2D eigenvalue weighted by atomic mass is 35.5. The molecule has 0 amide bonds. The van der Waals surface area contributed by atoms with Crippen LogP contribution in [-0.2, 0) is 6.61 Å². The van der Waals surface area contributed by atoms with E-state index in [0.717, 1.165) is 11.1 Å². The lowest BCUT2D eigenvalue weighted by atomic mass is 10.0. The van der Waals surface area contributed by atoms with Gasteiger partial charge in [-0.1, -0.05) is 52.1 Å². The minimum Gasteiger partial charge on any atom is -0.493 e. The smallest absolute Gasteiger partial charge is 0.264 e. The van der Waals surface area contributed by atoms with Gasteiger partial charge in [-0.15, -0.1) is 0 Å². The summed E-state index contributed by atoms with van der Waals surface area (Å²) in [4.78, 5) is 13.2. The number of benzene rings is 2. The van der Waals surface area contributed by atoms with Crippen molar-refractivity contribution in [3.8, 4) is 11.5 Å². The first-order chi connectivity index (χ1) is 17.0. The van der Waals surface area contributed by atoms with Crippen LogP contribution in [0.5, 0.6) is 11.5 Å². The lowest BCUT2D eigenvalue weighted by Gasteiger charge is -2.13. The van der Waals surface area contributed by atoms with Crippen LogP contribution in [0.25, 0.3) is 10.9 Å². The van der Waals surface area contributed by atoms with Gasteiger partial charge in [0.15, 0.2) is 23.9 Å². The molecule has 5 rings (SSSR count). The molecule has 1 aliphatic rings. The van der Waals surface area contributed by atoms with Crippen molar-refractivity contribution >= 4 is 57.2 Å². The second-order valence-electron chi connectivity index (χ2n) is 7.62. The summed E-state index contributed by atoms with van der Waals surface area (Å²) in [5, 5.41) is 9.65. The zero-order valence-electron chi connectivity index (χ0n) is 18.3. The number of hydrogen-bond acceptors (Lipinski definition) is 8. The van der Waals surface area contributed by atoms with Gasteiger partial charge >= 0.3 is 0 Å². The van der Waals surface area contributed by atoms with Crippen molar-refractivity contribution in [1.82, 2.24) is 20.1 Å². The number of methoxy groups -OCH3 is 1. The van der Waals surface area contributed by atoms with E-state index in [9.17, 15) is 0 Å². The number of fused-ring (bicyclic) bond motifs is 1. The van der Waals surface area contributed by atoms with Gasteiger partial charge in [-0.3, -0.25) is 0 Å². The Morgan fingerprint density at radius 1 is 1.09 bits per heavy atom. The number of anilines is 2. The molecule has 2 aromatic carbocycles. The molecule has 0 radical (unpaired) electrons. The van der Waals surface area contributed by atoms with Crippen LogP contribution in [-0.4, -0.2) is 27.2 Å². The Morgan fingerprint density at radius 3 is 2.74 bits per heavy atom. The summed E-state index contributed by atoms with van der Waals surface area (Å²) in [6.45, 7) is 0.0708. The maximum atomic E-state index is 6.13. The van der Waals surface area contributed by atoms with Crippen molar-refractivity contribution in [2.24, 2.45) is 0 Å². The van der Waals surface area contributed by atoms with E-state index in [1.807, 2.05) is 24.3 Å². The number of nitrogens with zero attached hydrogens (tertiary/aromatic N) is 4. The third kappa shape index (κ3) is 5.19. The van der Waals surface area contributed by atoms with Crippen molar-refractivity contribution < 1.29 is 14.0 Å². The van der Waals surface area contributed by atoms with Gasteiger partial charge < -0.3 is 19.3 Å². The standard InChI is InChI=1S/C24H18Cl3N5O3/c1-33-20-9-16-19(28-12-29-24(16)30-15-6-7-17(26)18(27)8-15)10-21(20)34-11-22-31-23(32-35-22)13-2-4-14(25)5-3-13/h2,4-10,12-13H,3,11H2,1H3,(H,28,29,30). The molecule has 1 aliphatic carbocycles. The van der Waals surface area contributed by atoms with Gasteiger partial charge in [-0.05, 0) is 36.8 Å². The van der Waals surface area contributed by atoms with Crippen LogP contribution in [0.2, 0.25) is 10.0 Å². The van der Waals surface area contributed by atoms with E-state index < -0.39 is 0 Å². The van der Waals surface area contributed by atoms with Gasteiger partial charge in [0.2, 0.25) is 0 Å². The fourth-order valence-corrected chi connectivity index (χ4v) is 4.01. The van der Waals surface area contributed by atoms with Gasteiger partial charge in [0.1, 0.15) is 12.1 Å². The van der Waals surface area contributed by atoms with Crippen LogP contribution < -0.4 is 14.8 Å². The topological polar surface area (TPSA) is 95.2 Å². The Bertz CT molecular complexity index is 1450. The van der Waals surface area contributed by atoms with Crippen LogP contribution in [0.1, 0.15) is 24.1 Å². The molecule has 11 heteroatoms. The van der Waals surface area contributed by atoms with Gasteiger partial charge in [-0.2, -0.15) is 4.98 Å². The number of hydrogen-bond donors (Lipinski definition) is 1. The molecule has 4 aromatic rings. The number of nitrogens with one attached hydrogen (secondary N) is 1. The van der Waals surface area contributed by atoms with Gasteiger partial charge in [-0.25, -0.2) is 9.97 Å². The predicted molar refractivity (Wildman–Crippen MR) is 135 cm³/mol. The van der Waals surface area contributed by atoms with E-state index in [0.29, 0.717) is 56.0 Å². The highest BCUT2D eigenvalue weighted by Crippen LogP contribution is 2.36. The zero-order valence-corrected chi connectivity index (χ0v) is 20.6. The Kier molecular flexibility index (Phi) is 6.77. The average molecular weight is 531 g/mol. The third-order valence-electron chi connectivity index (χ3n) is 5.32. The zero-order chi connectivity index (χ0) is 24.4. The van der Waals surface area contributed by atoms with E-state index in [1.165, 1.54) is 6.33 Å². The average Bonchev–Trinajstić information content (AvgIpc) is 3.34. The fourth-order valence-electron chi connectivity index (χ4n) is 3.55. The summed E-state index contributed by atoms with van der Waals surface area (Å²) in [6.07, 6.45) is 7.88. The maximum absolute atomic E-state index is 6.13. The summed E-state index contributed by atoms with van der Waals surface area (Å²) in [5.74, 6) is 2.50.